The Labute approximate surface area is 113 Å². The molecule has 1 aromatic carbocycles. The lowest BCUT2D eigenvalue weighted by atomic mass is 10.1. The summed E-state index contributed by atoms with van der Waals surface area (Å²) in [7, 11) is 2.31. The first-order chi connectivity index (χ1) is 9.42. The van der Waals surface area contributed by atoms with Crippen LogP contribution in [0.1, 0.15) is 10.4 Å². The van der Waals surface area contributed by atoms with Crippen molar-refractivity contribution in [3.8, 4) is 5.75 Å². The van der Waals surface area contributed by atoms with Gasteiger partial charge in [0.05, 0.1) is 13.7 Å². The molecule has 0 aliphatic carbocycles. The first-order valence-corrected chi connectivity index (χ1v) is 5.47. The van der Waals surface area contributed by atoms with Crippen LogP contribution in [0.15, 0.2) is 12.1 Å². The van der Waals surface area contributed by atoms with Crippen LogP contribution in [-0.2, 0) is 9.53 Å². The molecule has 6 nitrogen and oxygen atoms in total. The molecule has 8 heteroatoms. The molecule has 0 aromatic heterocycles. The van der Waals surface area contributed by atoms with E-state index in [1.165, 1.54) is 7.11 Å². The van der Waals surface area contributed by atoms with Crippen molar-refractivity contribution in [3.05, 3.63) is 29.3 Å². The minimum Gasteiger partial charge on any atom is -0.493 e. The summed E-state index contributed by atoms with van der Waals surface area (Å²) < 4.78 is 36.3. The fraction of sp³-hybridized carbons (Fsp3) is 0.333. The van der Waals surface area contributed by atoms with Gasteiger partial charge in [0.2, 0.25) is 0 Å². The number of carbonyl (C=O) groups is 2. The van der Waals surface area contributed by atoms with Crippen molar-refractivity contribution in [2.24, 2.45) is 0 Å². The summed E-state index contributed by atoms with van der Waals surface area (Å²) in [6.45, 7) is -0.319. The lowest BCUT2D eigenvalue weighted by Crippen LogP contribution is -2.44. The van der Waals surface area contributed by atoms with Gasteiger partial charge in [-0.25, -0.2) is 13.6 Å². The maximum atomic E-state index is 13.6. The summed E-state index contributed by atoms with van der Waals surface area (Å²) in [5.41, 5.74) is -0.699. The second-order valence-corrected chi connectivity index (χ2v) is 3.76. The van der Waals surface area contributed by atoms with Crippen LogP contribution in [0.3, 0.4) is 0 Å². The third kappa shape index (κ3) is 3.41. The number of hydrogen-bond acceptors (Lipinski definition) is 4. The highest BCUT2D eigenvalue weighted by molar-refractivity contribution is 5.99. The van der Waals surface area contributed by atoms with Crippen molar-refractivity contribution in [2.75, 3.05) is 20.8 Å². The monoisotopic (exact) mass is 289 g/mol. The quantitative estimate of drug-likeness (QED) is 0.809. The lowest BCUT2D eigenvalue weighted by molar-refractivity contribution is -0.140. The summed E-state index contributed by atoms with van der Waals surface area (Å²) in [5.74, 6) is -5.02. The molecule has 1 atom stereocenters. The SMILES string of the molecule is COCC(NC(=O)c1c(F)ccc(F)c1OC)C(=O)O. The highest BCUT2D eigenvalue weighted by Gasteiger charge is 2.26. The van der Waals surface area contributed by atoms with Crippen molar-refractivity contribution < 1.29 is 33.0 Å². The average molecular weight is 289 g/mol. The van der Waals surface area contributed by atoms with Crippen LogP contribution >= 0.6 is 0 Å². The minimum absolute atomic E-state index is 0.319. The Morgan fingerprint density at radius 1 is 1.30 bits per heavy atom. The number of carboxylic acids is 1. The predicted molar refractivity (Wildman–Crippen MR) is 63.7 cm³/mol. The molecule has 0 radical (unpaired) electrons. The number of ether oxygens (including phenoxy) is 2. The smallest absolute Gasteiger partial charge is 0.328 e. The Hall–Kier alpha value is -2.22. The molecule has 1 unspecified atom stereocenters. The number of nitrogens with one attached hydrogen (secondary N) is 1. The van der Waals surface area contributed by atoms with Crippen molar-refractivity contribution in [3.63, 3.8) is 0 Å². The fourth-order valence-electron chi connectivity index (χ4n) is 1.52. The molecule has 0 aliphatic heterocycles. The van der Waals surface area contributed by atoms with E-state index in [1.54, 1.807) is 0 Å². The molecule has 110 valence electrons. The highest BCUT2D eigenvalue weighted by atomic mass is 19.1. The minimum atomic E-state index is -1.39. The first-order valence-electron chi connectivity index (χ1n) is 5.47. The van der Waals surface area contributed by atoms with Crippen LogP contribution in [0.4, 0.5) is 8.78 Å². The summed E-state index contributed by atoms with van der Waals surface area (Å²) in [6.07, 6.45) is 0. The van der Waals surface area contributed by atoms with Crippen LogP contribution in [0.25, 0.3) is 0 Å². The number of carbonyl (C=O) groups excluding carboxylic acids is 1. The van der Waals surface area contributed by atoms with Crippen LogP contribution < -0.4 is 10.1 Å². The van der Waals surface area contributed by atoms with Gasteiger partial charge in [-0.2, -0.15) is 0 Å². The van der Waals surface area contributed by atoms with E-state index in [2.05, 4.69) is 9.47 Å². The lowest BCUT2D eigenvalue weighted by Gasteiger charge is -2.15. The standard InChI is InChI=1S/C12H13F2NO5/c1-19-5-8(12(17)18)15-11(16)9-6(13)3-4-7(14)10(9)20-2/h3-4,8H,5H2,1-2H3,(H,15,16)(H,17,18). The number of aliphatic carboxylic acids is 1. The summed E-state index contributed by atoms with van der Waals surface area (Å²) in [6, 6.07) is 0.160. The van der Waals surface area contributed by atoms with E-state index in [0.717, 1.165) is 19.2 Å². The number of rotatable bonds is 6. The highest BCUT2D eigenvalue weighted by Crippen LogP contribution is 2.25. The van der Waals surface area contributed by atoms with Gasteiger partial charge in [0.1, 0.15) is 11.4 Å². The summed E-state index contributed by atoms with van der Waals surface area (Å²) in [4.78, 5) is 22.7. The van der Waals surface area contributed by atoms with Crippen LogP contribution in [0.2, 0.25) is 0 Å². The van der Waals surface area contributed by atoms with E-state index in [-0.39, 0.29) is 6.61 Å². The third-order valence-corrected chi connectivity index (χ3v) is 2.43. The molecule has 1 rings (SSSR count). The zero-order valence-electron chi connectivity index (χ0n) is 10.8. The summed E-state index contributed by atoms with van der Waals surface area (Å²) in [5, 5.41) is 10.9. The van der Waals surface area contributed by atoms with Crippen molar-refractivity contribution in [2.45, 2.75) is 6.04 Å². The normalized spacial score (nSPS) is 11.8. The van der Waals surface area contributed by atoms with Crippen LogP contribution in [-0.4, -0.2) is 43.9 Å². The van der Waals surface area contributed by atoms with E-state index in [9.17, 15) is 18.4 Å². The largest absolute Gasteiger partial charge is 0.493 e. The average Bonchev–Trinajstić information content (AvgIpc) is 2.40. The second kappa shape index (κ2) is 6.80. The molecule has 1 amide bonds. The molecular weight excluding hydrogens is 276 g/mol. The van der Waals surface area contributed by atoms with Crippen molar-refractivity contribution in [1.82, 2.24) is 5.32 Å². The molecule has 1 aromatic rings. The first kappa shape index (κ1) is 15.8. The number of carboxylic acid groups (broad SMARTS) is 1. The van der Waals surface area contributed by atoms with Crippen LogP contribution in [0, 0.1) is 11.6 Å². The second-order valence-electron chi connectivity index (χ2n) is 3.76. The zero-order chi connectivity index (χ0) is 15.3. The Morgan fingerprint density at radius 2 is 1.90 bits per heavy atom. The van der Waals surface area contributed by atoms with Crippen molar-refractivity contribution in [1.29, 1.82) is 0 Å². The Bertz CT molecular complexity index is 521. The molecule has 0 fully saturated rings. The maximum Gasteiger partial charge on any atom is 0.328 e. The Morgan fingerprint density at radius 3 is 2.40 bits per heavy atom. The third-order valence-electron chi connectivity index (χ3n) is 2.43. The molecule has 2 N–H and O–H groups in total. The van der Waals surface area contributed by atoms with Gasteiger partial charge in [-0.1, -0.05) is 0 Å². The van der Waals surface area contributed by atoms with Crippen molar-refractivity contribution >= 4 is 11.9 Å². The van der Waals surface area contributed by atoms with E-state index < -0.39 is 40.9 Å². The molecular formula is C12H13F2NO5. The topological polar surface area (TPSA) is 84.9 Å². The molecule has 20 heavy (non-hydrogen) atoms. The zero-order valence-corrected chi connectivity index (χ0v) is 10.8. The number of benzene rings is 1. The number of amides is 1. The van der Waals surface area contributed by atoms with Crippen LogP contribution in [0.5, 0.6) is 5.75 Å². The molecule has 0 bridgehead atoms. The van der Waals surface area contributed by atoms with Gasteiger partial charge in [-0.05, 0) is 12.1 Å². The van der Waals surface area contributed by atoms with E-state index in [4.69, 9.17) is 5.11 Å². The van der Waals surface area contributed by atoms with Gasteiger partial charge >= 0.3 is 5.97 Å². The number of methoxy groups -OCH3 is 2. The molecule has 0 spiro atoms. The molecule has 0 saturated heterocycles. The molecule has 0 saturated carbocycles. The molecule has 0 heterocycles. The van der Waals surface area contributed by atoms with Gasteiger partial charge in [0.25, 0.3) is 5.91 Å². The van der Waals surface area contributed by atoms with Gasteiger partial charge in [0.15, 0.2) is 17.6 Å². The van der Waals surface area contributed by atoms with E-state index in [1.807, 2.05) is 5.32 Å². The number of hydrogen-bond donors (Lipinski definition) is 2. The van der Waals surface area contributed by atoms with E-state index >= 15 is 0 Å². The van der Waals surface area contributed by atoms with Gasteiger partial charge in [0, 0.05) is 7.11 Å². The maximum absolute atomic E-state index is 13.6. The summed E-state index contributed by atoms with van der Waals surface area (Å²) >= 11 is 0. The van der Waals surface area contributed by atoms with Gasteiger partial charge in [-0.3, -0.25) is 4.79 Å². The van der Waals surface area contributed by atoms with Gasteiger partial charge in [-0.15, -0.1) is 0 Å². The fourth-order valence-corrected chi connectivity index (χ4v) is 1.52. The van der Waals surface area contributed by atoms with Gasteiger partial charge < -0.3 is 19.9 Å². The Balaban J connectivity index is 3.08. The predicted octanol–water partition coefficient (Wildman–Crippen LogP) is 0.803. The number of halogens is 2. The molecule has 0 aliphatic rings. The Kier molecular flexibility index (Phi) is 5.39. The van der Waals surface area contributed by atoms with E-state index in [0.29, 0.717) is 0 Å².